The van der Waals surface area contributed by atoms with E-state index in [1.165, 1.54) is 6.42 Å². The van der Waals surface area contributed by atoms with E-state index in [2.05, 4.69) is 22.2 Å². The van der Waals surface area contributed by atoms with Gasteiger partial charge in [0, 0.05) is 12.2 Å². The summed E-state index contributed by atoms with van der Waals surface area (Å²) in [7, 11) is 0. The molecule has 0 radical (unpaired) electrons. The molecule has 0 aliphatic heterocycles. The van der Waals surface area contributed by atoms with Crippen molar-refractivity contribution in [1.29, 1.82) is 0 Å². The number of imidazole rings is 1. The van der Waals surface area contributed by atoms with Crippen molar-refractivity contribution in [3.05, 3.63) is 28.7 Å². The first-order valence-electron chi connectivity index (χ1n) is 5.25. The van der Waals surface area contributed by atoms with Crippen LogP contribution in [0.5, 0.6) is 0 Å². The van der Waals surface area contributed by atoms with E-state index in [0.717, 1.165) is 29.7 Å². The average Bonchev–Trinajstić information content (AvgIpc) is 2.57. The first kappa shape index (κ1) is 9.83. The molecule has 1 aromatic carbocycles. The fraction of sp³-hybridized carbons (Fsp3) is 0.364. The smallest absolute Gasteiger partial charge is 0.323 e. The molecule has 4 heteroatoms. The van der Waals surface area contributed by atoms with Crippen LogP contribution in [0.15, 0.2) is 23.0 Å². The van der Waals surface area contributed by atoms with Gasteiger partial charge in [-0.3, -0.25) is 0 Å². The van der Waals surface area contributed by atoms with Crippen molar-refractivity contribution in [3.63, 3.8) is 0 Å². The molecule has 0 bridgehead atoms. The molecule has 1 aromatic heterocycles. The molecule has 0 aliphatic rings. The summed E-state index contributed by atoms with van der Waals surface area (Å²) in [6.07, 6.45) is 2.33. The fourth-order valence-corrected chi connectivity index (χ4v) is 1.55. The maximum Gasteiger partial charge on any atom is 0.323 e. The van der Waals surface area contributed by atoms with Crippen molar-refractivity contribution in [2.24, 2.45) is 0 Å². The largest absolute Gasteiger partial charge is 0.385 e. The minimum absolute atomic E-state index is 0.157. The number of anilines is 1. The Morgan fingerprint density at radius 1 is 1.27 bits per heavy atom. The van der Waals surface area contributed by atoms with Crippen LogP contribution in [0.1, 0.15) is 19.8 Å². The topological polar surface area (TPSA) is 60.7 Å². The van der Waals surface area contributed by atoms with E-state index >= 15 is 0 Å². The molecule has 2 aromatic rings. The van der Waals surface area contributed by atoms with Gasteiger partial charge in [-0.2, -0.15) is 0 Å². The highest BCUT2D eigenvalue weighted by Gasteiger charge is 1.98. The Morgan fingerprint density at radius 2 is 2.07 bits per heavy atom. The first-order valence-corrected chi connectivity index (χ1v) is 5.25. The van der Waals surface area contributed by atoms with E-state index in [0.29, 0.717) is 0 Å². The Morgan fingerprint density at radius 3 is 2.87 bits per heavy atom. The lowest BCUT2D eigenvalue weighted by atomic mass is 10.2. The minimum Gasteiger partial charge on any atom is -0.385 e. The van der Waals surface area contributed by atoms with Crippen LogP contribution in [0.3, 0.4) is 0 Å². The predicted molar refractivity (Wildman–Crippen MR) is 62.3 cm³/mol. The summed E-state index contributed by atoms with van der Waals surface area (Å²) in [5.41, 5.74) is 2.59. The maximum atomic E-state index is 11.0. The van der Waals surface area contributed by atoms with Gasteiger partial charge in [-0.15, -0.1) is 0 Å². The van der Waals surface area contributed by atoms with Gasteiger partial charge in [0.15, 0.2) is 0 Å². The van der Waals surface area contributed by atoms with Gasteiger partial charge in [-0.25, -0.2) is 4.79 Å². The van der Waals surface area contributed by atoms with Crippen molar-refractivity contribution >= 4 is 16.7 Å². The van der Waals surface area contributed by atoms with Crippen LogP contribution in [-0.2, 0) is 0 Å². The molecular weight excluding hydrogens is 190 g/mol. The van der Waals surface area contributed by atoms with E-state index in [1.807, 2.05) is 18.2 Å². The number of nitrogens with one attached hydrogen (secondary N) is 3. The van der Waals surface area contributed by atoms with Crippen LogP contribution < -0.4 is 11.0 Å². The number of hydrogen-bond acceptors (Lipinski definition) is 2. The third kappa shape index (κ3) is 2.21. The Hall–Kier alpha value is -1.71. The average molecular weight is 205 g/mol. The molecule has 0 fully saturated rings. The summed E-state index contributed by atoms with van der Waals surface area (Å²) in [4.78, 5) is 16.5. The van der Waals surface area contributed by atoms with Crippen LogP contribution in [0.2, 0.25) is 0 Å². The molecule has 0 spiro atoms. The number of benzene rings is 1. The lowest BCUT2D eigenvalue weighted by Gasteiger charge is -2.04. The molecule has 0 unspecified atom stereocenters. The molecule has 80 valence electrons. The predicted octanol–water partition coefficient (Wildman–Crippen LogP) is 2.07. The van der Waals surface area contributed by atoms with Gasteiger partial charge < -0.3 is 15.3 Å². The van der Waals surface area contributed by atoms with E-state index in [9.17, 15) is 4.79 Å². The quantitative estimate of drug-likeness (QED) is 0.669. The van der Waals surface area contributed by atoms with Crippen molar-refractivity contribution in [3.8, 4) is 0 Å². The zero-order valence-electron chi connectivity index (χ0n) is 8.76. The molecule has 3 N–H and O–H groups in total. The third-order valence-electron chi connectivity index (χ3n) is 2.38. The maximum absolute atomic E-state index is 11.0. The summed E-state index contributed by atoms with van der Waals surface area (Å²) in [5.74, 6) is 0. The summed E-state index contributed by atoms with van der Waals surface area (Å²) in [5, 5.41) is 3.31. The fourth-order valence-electron chi connectivity index (χ4n) is 1.55. The van der Waals surface area contributed by atoms with E-state index in [4.69, 9.17) is 0 Å². The Bertz CT molecular complexity index is 498. The third-order valence-corrected chi connectivity index (χ3v) is 2.38. The van der Waals surface area contributed by atoms with Gasteiger partial charge in [-0.1, -0.05) is 13.3 Å². The standard InChI is InChI=1S/C11H15N3O/c1-2-3-6-12-8-4-5-9-10(7-8)14-11(15)13-9/h4-5,7,12H,2-3,6H2,1H3,(H2,13,14,15). The van der Waals surface area contributed by atoms with Crippen molar-refractivity contribution in [1.82, 2.24) is 9.97 Å². The molecule has 0 atom stereocenters. The van der Waals surface area contributed by atoms with Crippen LogP contribution >= 0.6 is 0 Å². The van der Waals surface area contributed by atoms with E-state index < -0.39 is 0 Å². The van der Waals surface area contributed by atoms with Crippen molar-refractivity contribution in [2.75, 3.05) is 11.9 Å². The SMILES string of the molecule is CCCCNc1ccc2[nH]c(=O)[nH]c2c1. The molecule has 4 nitrogen and oxygen atoms in total. The molecular formula is C11H15N3O. The summed E-state index contributed by atoms with van der Waals surface area (Å²) >= 11 is 0. The Balaban J connectivity index is 2.19. The monoisotopic (exact) mass is 205 g/mol. The van der Waals surface area contributed by atoms with E-state index in [-0.39, 0.29) is 5.69 Å². The van der Waals surface area contributed by atoms with Gasteiger partial charge in [0.25, 0.3) is 0 Å². The second-order valence-electron chi connectivity index (χ2n) is 3.62. The highest BCUT2D eigenvalue weighted by atomic mass is 16.1. The molecule has 1 heterocycles. The van der Waals surface area contributed by atoms with Crippen molar-refractivity contribution < 1.29 is 0 Å². The Labute approximate surface area is 87.7 Å². The highest BCUT2D eigenvalue weighted by Crippen LogP contribution is 2.14. The van der Waals surface area contributed by atoms with Gasteiger partial charge in [0.2, 0.25) is 0 Å². The molecule has 0 saturated carbocycles. The van der Waals surface area contributed by atoms with E-state index in [1.54, 1.807) is 0 Å². The number of aromatic amines is 2. The molecule has 0 amide bonds. The molecule has 0 aliphatic carbocycles. The number of fused-ring (bicyclic) bond motifs is 1. The molecule has 15 heavy (non-hydrogen) atoms. The minimum atomic E-state index is -0.157. The van der Waals surface area contributed by atoms with Gasteiger partial charge in [-0.05, 0) is 24.6 Å². The summed E-state index contributed by atoms with van der Waals surface area (Å²) in [6.45, 7) is 3.13. The number of unbranched alkanes of at least 4 members (excludes halogenated alkanes) is 1. The second kappa shape index (κ2) is 4.21. The highest BCUT2D eigenvalue weighted by molar-refractivity contribution is 5.78. The number of rotatable bonds is 4. The Kier molecular flexibility index (Phi) is 2.76. The zero-order chi connectivity index (χ0) is 10.7. The van der Waals surface area contributed by atoms with Gasteiger partial charge >= 0.3 is 5.69 Å². The van der Waals surface area contributed by atoms with Crippen LogP contribution in [0, 0.1) is 0 Å². The van der Waals surface area contributed by atoms with Gasteiger partial charge in [0.1, 0.15) is 0 Å². The zero-order valence-corrected chi connectivity index (χ0v) is 8.76. The van der Waals surface area contributed by atoms with Crippen LogP contribution in [0.4, 0.5) is 5.69 Å². The summed E-state index contributed by atoms with van der Waals surface area (Å²) < 4.78 is 0. The number of H-pyrrole nitrogens is 2. The molecule has 2 rings (SSSR count). The summed E-state index contributed by atoms with van der Waals surface area (Å²) in [6, 6.07) is 5.83. The first-order chi connectivity index (χ1) is 7.29. The lowest BCUT2D eigenvalue weighted by molar-refractivity contribution is 0.834. The second-order valence-corrected chi connectivity index (χ2v) is 3.62. The van der Waals surface area contributed by atoms with Gasteiger partial charge in [0.05, 0.1) is 11.0 Å². The number of hydrogen-bond donors (Lipinski definition) is 3. The van der Waals surface area contributed by atoms with Crippen LogP contribution in [-0.4, -0.2) is 16.5 Å². The normalized spacial score (nSPS) is 10.7. The molecule has 0 saturated heterocycles. The number of aromatic nitrogens is 2. The lowest BCUT2D eigenvalue weighted by Crippen LogP contribution is -2.00. The van der Waals surface area contributed by atoms with Crippen molar-refractivity contribution in [2.45, 2.75) is 19.8 Å². The van der Waals surface area contributed by atoms with Crippen LogP contribution in [0.25, 0.3) is 11.0 Å².